The van der Waals surface area contributed by atoms with Crippen LogP contribution in [0.2, 0.25) is 0 Å². The first-order chi connectivity index (χ1) is 7.97. The third kappa shape index (κ3) is 8.28. The molecule has 0 radical (unpaired) electrons. The molecule has 0 heterocycles. The zero-order valence-corrected chi connectivity index (χ0v) is 8.90. The summed E-state index contributed by atoms with van der Waals surface area (Å²) in [7, 11) is 0. The van der Waals surface area contributed by atoms with Gasteiger partial charge in [0.2, 0.25) is 5.91 Å². The van der Waals surface area contributed by atoms with E-state index in [1.54, 1.807) is 0 Å². The van der Waals surface area contributed by atoms with Crippen molar-refractivity contribution in [2.75, 3.05) is 6.61 Å². The van der Waals surface area contributed by atoms with Crippen molar-refractivity contribution in [3.63, 3.8) is 0 Å². The molecule has 0 aromatic carbocycles. The van der Waals surface area contributed by atoms with Crippen LogP contribution in [0.25, 0.3) is 0 Å². The van der Waals surface area contributed by atoms with Gasteiger partial charge in [0, 0.05) is 12.8 Å². The van der Waals surface area contributed by atoms with Gasteiger partial charge in [-0.15, -0.1) is 0 Å². The summed E-state index contributed by atoms with van der Waals surface area (Å²) < 4.78 is 0. The Bertz CT molecular complexity index is 269. The number of nitrogens with zero attached hydrogens (tertiary/aromatic N) is 1. The number of carboxylic acid groups (broad SMARTS) is 1. The van der Waals surface area contributed by atoms with Crippen molar-refractivity contribution in [2.24, 2.45) is 0 Å². The number of aldehydes is 1. The first-order valence-corrected chi connectivity index (χ1v) is 4.74. The molecular weight excluding hydrogens is 236 g/mol. The fraction of sp³-hybridized carbons (Fsp3) is 0.625. The number of rotatable bonds is 9. The lowest BCUT2D eigenvalue weighted by Gasteiger charge is -2.11. The lowest BCUT2D eigenvalue weighted by Crippen LogP contribution is -2.41. The molecule has 9 heteroatoms. The summed E-state index contributed by atoms with van der Waals surface area (Å²) in [5.41, 5.74) is 0. The van der Waals surface area contributed by atoms with E-state index in [-0.39, 0.29) is 25.9 Å². The zero-order chi connectivity index (χ0) is 13.3. The van der Waals surface area contributed by atoms with Crippen LogP contribution in [-0.4, -0.2) is 51.7 Å². The quantitative estimate of drug-likeness (QED) is 0.231. The summed E-state index contributed by atoms with van der Waals surface area (Å²) >= 11 is 0. The van der Waals surface area contributed by atoms with Crippen LogP contribution in [0.1, 0.15) is 19.3 Å². The van der Waals surface area contributed by atoms with E-state index < -0.39 is 23.3 Å². The van der Waals surface area contributed by atoms with E-state index in [4.69, 9.17) is 15.5 Å². The van der Waals surface area contributed by atoms with Crippen LogP contribution in [0.3, 0.4) is 0 Å². The van der Waals surface area contributed by atoms with Crippen LogP contribution >= 0.6 is 0 Å². The largest absolute Gasteiger partial charge is 0.480 e. The molecule has 0 bridgehead atoms. The molecule has 0 aliphatic rings. The predicted molar refractivity (Wildman–Crippen MR) is 50.8 cm³/mol. The second-order valence-corrected chi connectivity index (χ2v) is 3.05. The van der Waals surface area contributed by atoms with Crippen LogP contribution in [0.5, 0.6) is 0 Å². The third-order valence-corrected chi connectivity index (χ3v) is 1.72. The standard InChI is InChI=1S/C8H14N2O7/c11-4-3-6(8(13)14)9-7(12)2-1-5-17-10(15)16/h4,6,15-16H,1-3,5H2,(H,9,12)(H,13,14). The highest BCUT2D eigenvalue weighted by molar-refractivity contribution is 5.85. The monoisotopic (exact) mass is 250 g/mol. The molecule has 0 fully saturated rings. The summed E-state index contributed by atoms with van der Waals surface area (Å²) in [5, 5.41) is 26.6. The maximum absolute atomic E-state index is 11.2. The van der Waals surface area contributed by atoms with Crippen LogP contribution in [0, 0.1) is 0 Å². The van der Waals surface area contributed by atoms with Gasteiger partial charge in [-0.25, -0.2) is 4.79 Å². The first-order valence-electron chi connectivity index (χ1n) is 4.74. The Hall–Kier alpha value is -1.55. The number of nitrogens with one attached hydrogen (secondary N) is 1. The highest BCUT2D eigenvalue weighted by Crippen LogP contribution is 1.95. The molecular formula is C8H14N2O7. The minimum atomic E-state index is -1.29. The van der Waals surface area contributed by atoms with Crippen molar-refractivity contribution < 1.29 is 34.7 Å². The summed E-state index contributed by atoms with van der Waals surface area (Å²) in [6, 6.07) is -1.24. The Morgan fingerprint density at radius 1 is 1.41 bits per heavy atom. The zero-order valence-electron chi connectivity index (χ0n) is 8.90. The van der Waals surface area contributed by atoms with Gasteiger partial charge in [0.15, 0.2) is 0 Å². The molecule has 1 unspecified atom stereocenters. The molecule has 98 valence electrons. The second-order valence-electron chi connectivity index (χ2n) is 3.05. The number of carbonyl (C=O) groups is 3. The van der Waals surface area contributed by atoms with E-state index in [1.165, 1.54) is 0 Å². The Kier molecular flexibility index (Phi) is 7.80. The minimum Gasteiger partial charge on any atom is -0.480 e. The Morgan fingerprint density at radius 3 is 2.53 bits per heavy atom. The van der Waals surface area contributed by atoms with Gasteiger partial charge in [0.25, 0.3) is 0 Å². The summed E-state index contributed by atoms with van der Waals surface area (Å²) in [5.74, 6) is -1.86. The smallest absolute Gasteiger partial charge is 0.326 e. The molecule has 0 aromatic rings. The molecule has 0 saturated heterocycles. The van der Waals surface area contributed by atoms with Crippen LogP contribution in [0.15, 0.2) is 0 Å². The van der Waals surface area contributed by atoms with E-state index in [2.05, 4.69) is 10.2 Å². The topological polar surface area (TPSA) is 136 Å². The molecule has 0 rings (SSSR count). The maximum Gasteiger partial charge on any atom is 0.326 e. The highest BCUT2D eigenvalue weighted by atomic mass is 17.1. The van der Waals surface area contributed by atoms with Crippen molar-refractivity contribution >= 4 is 18.2 Å². The van der Waals surface area contributed by atoms with Gasteiger partial charge < -0.3 is 15.2 Å². The number of carboxylic acids is 1. The van der Waals surface area contributed by atoms with Gasteiger partial charge in [-0.05, 0) is 6.42 Å². The normalized spacial score (nSPS) is 12.2. The van der Waals surface area contributed by atoms with Crippen LogP contribution in [-0.2, 0) is 19.2 Å². The van der Waals surface area contributed by atoms with Gasteiger partial charge in [-0.1, -0.05) is 0 Å². The molecule has 17 heavy (non-hydrogen) atoms. The number of carbonyl (C=O) groups excluding carboxylic acids is 2. The van der Waals surface area contributed by atoms with Crippen LogP contribution in [0.4, 0.5) is 0 Å². The fourth-order valence-corrected chi connectivity index (χ4v) is 0.963. The molecule has 9 nitrogen and oxygen atoms in total. The third-order valence-electron chi connectivity index (χ3n) is 1.72. The van der Waals surface area contributed by atoms with E-state index in [0.29, 0.717) is 6.29 Å². The van der Waals surface area contributed by atoms with Crippen molar-refractivity contribution in [1.82, 2.24) is 10.7 Å². The Balaban J connectivity index is 3.82. The lowest BCUT2D eigenvalue weighted by molar-refractivity contribution is -0.492. The molecule has 0 saturated carbocycles. The summed E-state index contributed by atoms with van der Waals surface area (Å²) in [6.45, 7) is -0.119. The van der Waals surface area contributed by atoms with Gasteiger partial charge in [0.1, 0.15) is 12.3 Å². The van der Waals surface area contributed by atoms with E-state index in [0.717, 1.165) is 0 Å². The fourth-order valence-electron chi connectivity index (χ4n) is 0.963. The summed E-state index contributed by atoms with van der Waals surface area (Å²) in [4.78, 5) is 36.1. The van der Waals surface area contributed by atoms with Gasteiger partial charge in [-0.2, -0.15) is 0 Å². The number of hydrogen-bond acceptors (Lipinski definition) is 7. The van der Waals surface area contributed by atoms with Crippen molar-refractivity contribution in [3.05, 3.63) is 0 Å². The average molecular weight is 250 g/mol. The molecule has 0 aliphatic carbocycles. The molecule has 0 aromatic heterocycles. The van der Waals surface area contributed by atoms with Crippen molar-refractivity contribution in [3.8, 4) is 0 Å². The van der Waals surface area contributed by atoms with Crippen LogP contribution < -0.4 is 5.32 Å². The maximum atomic E-state index is 11.2. The molecule has 4 N–H and O–H groups in total. The second kappa shape index (κ2) is 8.58. The number of amides is 1. The molecule has 1 atom stereocenters. The van der Waals surface area contributed by atoms with Crippen molar-refractivity contribution in [2.45, 2.75) is 25.3 Å². The van der Waals surface area contributed by atoms with Crippen molar-refractivity contribution in [1.29, 1.82) is 0 Å². The van der Waals surface area contributed by atoms with Gasteiger partial charge >= 0.3 is 5.97 Å². The van der Waals surface area contributed by atoms with Gasteiger partial charge in [0.05, 0.1) is 12.0 Å². The average Bonchev–Trinajstić information content (AvgIpc) is 2.23. The lowest BCUT2D eigenvalue weighted by atomic mass is 10.2. The van der Waals surface area contributed by atoms with E-state index in [9.17, 15) is 14.4 Å². The SMILES string of the molecule is O=CCC(NC(=O)CCCON(O)O)C(=O)O. The molecule has 0 aliphatic heterocycles. The summed E-state index contributed by atoms with van der Waals surface area (Å²) in [6.07, 6.45) is 0.198. The Morgan fingerprint density at radius 2 is 2.06 bits per heavy atom. The van der Waals surface area contributed by atoms with Gasteiger partial charge in [-0.3, -0.25) is 20.0 Å². The first kappa shape index (κ1) is 15.4. The number of aliphatic carboxylic acids is 1. The number of hydrogen-bond donors (Lipinski definition) is 4. The van der Waals surface area contributed by atoms with E-state index >= 15 is 0 Å². The Labute approximate surface area is 96.4 Å². The molecule has 0 spiro atoms. The highest BCUT2D eigenvalue weighted by Gasteiger charge is 2.18. The minimum absolute atomic E-state index is 0.0591. The molecule has 1 amide bonds. The predicted octanol–water partition coefficient (Wildman–Crippen LogP) is -1.06. The van der Waals surface area contributed by atoms with E-state index in [1.807, 2.05) is 0 Å².